The predicted molar refractivity (Wildman–Crippen MR) is 61.0 cm³/mol. The van der Waals surface area contributed by atoms with Crippen LogP contribution in [0, 0.1) is 6.92 Å². The molecule has 16 heavy (non-hydrogen) atoms. The minimum absolute atomic E-state index is 0.245. The molecule has 0 heterocycles. The van der Waals surface area contributed by atoms with Gasteiger partial charge in [0.1, 0.15) is 5.75 Å². The van der Waals surface area contributed by atoms with Gasteiger partial charge in [0.15, 0.2) is 0 Å². The molecule has 0 amide bonds. The molecule has 1 saturated carbocycles. The van der Waals surface area contributed by atoms with Crippen molar-refractivity contribution in [3.63, 3.8) is 0 Å². The third-order valence-electron chi connectivity index (χ3n) is 3.40. The lowest BCUT2D eigenvalue weighted by Crippen LogP contribution is -2.03. The molecule has 0 bridgehead atoms. The van der Waals surface area contributed by atoms with E-state index in [0.29, 0.717) is 17.0 Å². The molecule has 0 radical (unpaired) electrons. The molecule has 86 valence electrons. The van der Waals surface area contributed by atoms with Crippen molar-refractivity contribution in [2.45, 2.75) is 38.5 Å². The number of carboxylic acid groups (broad SMARTS) is 1. The third kappa shape index (κ3) is 1.90. The highest BCUT2D eigenvalue weighted by molar-refractivity contribution is 5.90. The van der Waals surface area contributed by atoms with Gasteiger partial charge in [-0.2, -0.15) is 0 Å². The van der Waals surface area contributed by atoms with Crippen LogP contribution < -0.4 is 0 Å². The molecule has 0 aromatic heterocycles. The number of aromatic carboxylic acids is 1. The van der Waals surface area contributed by atoms with Crippen LogP contribution in [0.5, 0.6) is 5.75 Å². The normalized spacial score (nSPS) is 16.6. The molecule has 0 aliphatic heterocycles. The van der Waals surface area contributed by atoms with Crippen LogP contribution in [0.25, 0.3) is 0 Å². The number of rotatable bonds is 2. The number of hydrogen-bond donors (Lipinski definition) is 2. The summed E-state index contributed by atoms with van der Waals surface area (Å²) in [4.78, 5) is 11.0. The zero-order valence-electron chi connectivity index (χ0n) is 9.36. The van der Waals surface area contributed by atoms with Crippen LogP contribution in [0.3, 0.4) is 0 Å². The van der Waals surface area contributed by atoms with Crippen molar-refractivity contribution in [2.75, 3.05) is 0 Å². The first kappa shape index (κ1) is 11.0. The molecule has 0 spiro atoms. The Morgan fingerprint density at radius 3 is 2.50 bits per heavy atom. The van der Waals surface area contributed by atoms with E-state index in [1.54, 1.807) is 19.1 Å². The first-order chi connectivity index (χ1) is 7.59. The van der Waals surface area contributed by atoms with Gasteiger partial charge in [0.05, 0.1) is 5.56 Å². The van der Waals surface area contributed by atoms with Gasteiger partial charge < -0.3 is 10.2 Å². The van der Waals surface area contributed by atoms with Crippen molar-refractivity contribution in [3.05, 3.63) is 28.8 Å². The summed E-state index contributed by atoms with van der Waals surface area (Å²) in [6.07, 6.45) is 4.44. The molecule has 3 heteroatoms. The monoisotopic (exact) mass is 220 g/mol. The summed E-state index contributed by atoms with van der Waals surface area (Å²) in [5.41, 5.74) is 1.73. The number of phenolic OH excluding ortho intramolecular Hbond substituents is 1. The average molecular weight is 220 g/mol. The van der Waals surface area contributed by atoms with Crippen LogP contribution in [-0.4, -0.2) is 16.2 Å². The van der Waals surface area contributed by atoms with Gasteiger partial charge in [-0.25, -0.2) is 4.79 Å². The molecule has 1 aromatic carbocycles. The van der Waals surface area contributed by atoms with E-state index in [2.05, 4.69) is 0 Å². The molecule has 0 atom stereocenters. The fourth-order valence-electron chi connectivity index (χ4n) is 2.50. The van der Waals surface area contributed by atoms with Crippen molar-refractivity contribution in [3.8, 4) is 5.75 Å². The Morgan fingerprint density at radius 1 is 1.31 bits per heavy atom. The maximum Gasteiger partial charge on any atom is 0.335 e. The highest BCUT2D eigenvalue weighted by Gasteiger charge is 2.22. The molecular weight excluding hydrogens is 204 g/mol. The number of hydrogen-bond acceptors (Lipinski definition) is 2. The van der Waals surface area contributed by atoms with E-state index in [-0.39, 0.29) is 5.75 Å². The fraction of sp³-hybridized carbons (Fsp3) is 0.462. The number of carboxylic acids is 1. The lowest BCUT2D eigenvalue weighted by molar-refractivity contribution is 0.0696. The quantitative estimate of drug-likeness (QED) is 0.805. The summed E-state index contributed by atoms with van der Waals surface area (Å²) in [6.45, 7) is 1.71. The number of aryl methyl sites for hydroxylation is 1. The fourth-order valence-corrected chi connectivity index (χ4v) is 2.50. The summed E-state index contributed by atoms with van der Waals surface area (Å²) in [5, 5.41) is 18.9. The number of aromatic hydroxyl groups is 1. The SMILES string of the molecule is Cc1cc(O)c(C2CCCC2)cc1C(=O)O. The standard InChI is InChI=1S/C13H16O3/c1-8-6-12(14)11(7-10(8)13(15)16)9-4-2-3-5-9/h6-7,9,14H,2-5H2,1H3,(H,15,16). The van der Waals surface area contributed by atoms with Crippen molar-refractivity contribution in [1.82, 2.24) is 0 Å². The minimum atomic E-state index is -0.920. The van der Waals surface area contributed by atoms with Gasteiger partial charge in [0, 0.05) is 0 Å². The van der Waals surface area contributed by atoms with Crippen molar-refractivity contribution < 1.29 is 15.0 Å². The lowest BCUT2D eigenvalue weighted by Gasteiger charge is -2.14. The van der Waals surface area contributed by atoms with E-state index in [4.69, 9.17) is 5.11 Å². The molecule has 2 N–H and O–H groups in total. The summed E-state index contributed by atoms with van der Waals surface area (Å²) < 4.78 is 0. The molecule has 1 aromatic rings. The van der Waals surface area contributed by atoms with E-state index in [9.17, 15) is 9.90 Å². The second-order valence-corrected chi connectivity index (χ2v) is 4.51. The molecule has 0 saturated heterocycles. The first-order valence-electron chi connectivity index (χ1n) is 5.66. The Kier molecular flexibility index (Phi) is 2.86. The van der Waals surface area contributed by atoms with Crippen molar-refractivity contribution >= 4 is 5.97 Å². The van der Waals surface area contributed by atoms with Gasteiger partial charge in [0.25, 0.3) is 0 Å². The van der Waals surface area contributed by atoms with Crippen LogP contribution in [0.15, 0.2) is 12.1 Å². The molecule has 3 nitrogen and oxygen atoms in total. The Morgan fingerprint density at radius 2 is 1.94 bits per heavy atom. The second kappa shape index (κ2) is 4.16. The topological polar surface area (TPSA) is 57.5 Å². The minimum Gasteiger partial charge on any atom is -0.508 e. The maximum atomic E-state index is 11.0. The summed E-state index contributed by atoms with van der Waals surface area (Å²) in [5.74, 6) is -0.343. The number of phenols is 1. The highest BCUT2D eigenvalue weighted by Crippen LogP contribution is 2.39. The summed E-state index contributed by atoms with van der Waals surface area (Å²) in [6, 6.07) is 3.21. The van der Waals surface area contributed by atoms with Gasteiger partial charge in [-0.05, 0) is 48.9 Å². The molecule has 0 unspecified atom stereocenters. The van der Waals surface area contributed by atoms with Crippen LogP contribution in [0.1, 0.15) is 53.1 Å². The first-order valence-corrected chi connectivity index (χ1v) is 5.66. The molecule has 1 aliphatic carbocycles. The average Bonchev–Trinajstić information content (AvgIpc) is 2.70. The number of benzene rings is 1. The van der Waals surface area contributed by atoms with E-state index in [1.807, 2.05) is 0 Å². The summed E-state index contributed by atoms with van der Waals surface area (Å²) >= 11 is 0. The van der Waals surface area contributed by atoms with Gasteiger partial charge in [-0.1, -0.05) is 12.8 Å². The molecular formula is C13H16O3. The van der Waals surface area contributed by atoms with Crippen LogP contribution >= 0.6 is 0 Å². The Hall–Kier alpha value is -1.51. The van der Waals surface area contributed by atoms with E-state index in [1.165, 1.54) is 12.8 Å². The Bertz CT molecular complexity index is 417. The Labute approximate surface area is 94.7 Å². The molecule has 2 rings (SSSR count). The third-order valence-corrected chi connectivity index (χ3v) is 3.40. The number of carbonyl (C=O) groups is 1. The Balaban J connectivity index is 2.44. The van der Waals surface area contributed by atoms with Crippen LogP contribution in [0.2, 0.25) is 0 Å². The largest absolute Gasteiger partial charge is 0.508 e. The van der Waals surface area contributed by atoms with Gasteiger partial charge in [-0.15, -0.1) is 0 Å². The zero-order chi connectivity index (χ0) is 11.7. The second-order valence-electron chi connectivity index (χ2n) is 4.51. The van der Waals surface area contributed by atoms with Crippen molar-refractivity contribution in [1.29, 1.82) is 0 Å². The highest BCUT2D eigenvalue weighted by atomic mass is 16.4. The molecule has 1 aliphatic rings. The molecule has 1 fully saturated rings. The van der Waals surface area contributed by atoms with Crippen LogP contribution in [0.4, 0.5) is 0 Å². The van der Waals surface area contributed by atoms with Gasteiger partial charge >= 0.3 is 5.97 Å². The van der Waals surface area contributed by atoms with Gasteiger partial charge in [-0.3, -0.25) is 0 Å². The zero-order valence-corrected chi connectivity index (χ0v) is 9.36. The van der Waals surface area contributed by atoms with E-state index in [0.717, 1.165) is 18.4 Å². The maximum absolute atomic E-state index is 11.0. The van der Waals surface area contributed by atoms with E-state index < -0.39 is 5.97 Å². The predicted octanol–water partition coefficient (Wildman–Crippen LogP) is 3.06. The lowest BCUT2D eigenvalue weighted by atomic mass is 9.93. The van der Waals surface area contributed by atoms with Crippen LogP contribution in [-0.2, 0) is 0 Å². The van der Waals surface area contributed by atoms with E-state index >= 15 is 0 Å². The summed E-state index contributed by atoms with van der Waals surface area (Å²) in [7, 11) is 0. The smallest absolute Gasteiger partial charge is 0.335 e. The van der Waals surface area contributed by atoms with Crippen molar-refractivity contribution in [2.24, 2.45) is 0 Å². The van der Waals surface area contributed by atoms with Gasteiger partial charge in [0.2, 0.25) is 0 Å².